The highest BCUT2D eigenvalue weighted by molar-refractivity contribution is 7.12. The van der Waals surface area contributed by atoms with Gasteiger partial charge in [-0.3, -0.25) is 9.78 Å². The second kappa shape index (κ2) is 3.17. The summed E-state index contributed by atoms with van der Waals surface area (Å²) in [6.45, 7) is 0. The SMILES string of the molecule is O=C1NC(c2cccnc2)c2ccsc21. The highest BCUT2D eigenvalue weighted by Gasteiger charge is 2.30. The summed E-state index contributed by atoms with van der Waals surface area (Å²) in [5.74, 6) is 0.0221. The van der Waals surface area contributed by atoms with Crippen LogP contribution in [-0.2, 0) is 0 Å². The Hall–Kier alpha value is -1.68. The first-order valence-corrected chi connectivity index (χ1v) is 5.52. The van der Waals surface area contributed by atoms with E-state index in [1.807, 2.05) is 23.6 Å². The Morgan fingerprint density at radius 3 is 3.13 bits per heavy atom. The standard InChI is InChI=1S/C11H8N2OS/c14-11-10-8(3-5-15-10)9(13-11)7-2-1-4-12-6-7/h1-6,9H,(H,13,14). The van der Waals surface area contributed by atoms with Crippen LogP contribution in [0, 0.1) is 0 Å². The molecule has 0 aliphatic carbocycles. The number of aromatic nitrogens is 1. The van der Waals surface area contributed by atoms with Crippen molar-refractivity contribution in [1.82, 2.24) is 10.3 Å². The van der Waals surface area contributed by atoms with Gasteiger partial charge in [-0.05, 0) is 23.1 Å². The first-order valence-electron chi connectivity index (χ1n) is 4.64. The van der Waals surface area contributed by atoms with E-state index in [9.17, 15) is 4.79 Å². The number of hydrogen-bond donors (Lipinski definition) is 1. The van der Waals surface area contributed by atoms with Gasteiger partial charge < -0.3 is 5.32 Å². The van der Waals surface area contributed by atoms with E-state index in [2.05, 4.69) is 10.3 Å². The van der Waals surface area contributed by atoms with E-state index >= 15 is 0 Å². The summed E-state index contributed by atoms with van der Waals surface area (Å²) in [6.07, 6.45) is 3.52. The van der Waals surface area contributed by atoms with Crippen LogP contribution < -0.4 is 5.32 Å². The van der Waals surface area contributed by atoms with Crippen LogP contribution in [-0.4, -0.2) is 10.9 Å². The van der Waals surface area contributed by atoms with Crippen LogP contribution in [0.5, 0.6) is 0 Å². The molecule has 0 saturated heterocycles. The fourth-order valence-electron chi connectivity index (χ4n) is 1.82. The molecule has 3 heterocycles. The molecular weight excluding hydrogens is 208 g/mol. The van der Waals surface area contributed by atoms with Gasteiger partial charge in [0.05, 0.1) is 10.9 Å². The predicted octanol–water partition coefficient (Wildman–Crippen LogP) is 1.98. The molecule has 2 aromatic heterocycles. The molecule has 1 N–H and O–H groups in total. The van der Waals surface area contributed by atoms with Gasteiger partial charge in [-0.15, -0.1) is 11.3 Å². The molecule has 3 nitrogen and oxygen atoms in total. The number of nitrogens with one attached hydrogen (secondary N) is 1. The van der Waals surface area contributed by atoms with Crippen molar-refractivity contribution < 1.29 is 4.79 Å². The molecule has 74 valence electrons. The summed E-state index contributed by atoms with van der Waals surface area (Å²) in [7, 11) is 0. The van der Waals surface area contributed by atoms with Gasteiger partial charge >= 0.3 is 0 Å². The van der Waals surface area contributed by atoms with Crippen molar-refractivity contribution in [2.45, 2.75) is 6.04 Å². The summed E-state index contributed by atoms with van der Waals surface area (Å²) in [5.41, 5.74) is 2.10. The Morgan fingerprint density at radius 1 is 1.40 bits per heavy atom. The lowest BCUT2D eigenvalue weighted by Crippen LogP contribution is -2.19. The van der Waals surface area contributed by atoms with Crippen molar-refractivity contribution in [2.75, 3.05) is 0 Å². The molecule has 0 saturated carbocycles. The highest BCUT2D eigenvalue weighted by Crippen LogP contribution is 2.33. The van der Waals surface area contributed by atoms with Crippen LogP contribution in [0.4, 0.5) is 0 Å². The number of pyridine rings is 1. The second-order valence-electron chi connectivity index (χ2n) is 3.40. The van der Waals surface area contributed by atoms with E-state index in [4.69, 9.17) is 0 Å². The Kier molecular flexibility index (Phi) is 1.82. The molecule has 1 aliphatic rings. The van der Waals surface area contributed by atoms with Gasteiger partial charge in [0.15, 0.2) is 0 Å². The number of carbonyl (C=O) groups excluding carboxylic acids is 1. The van der Waals surface area contributed by atoms with Crippen LogP contribution >= 0.6 is 11.3 Å². The number of nitrogens with zero attached hydrogens (tertiary/aromatic N) is 1. The Morgan fingerprint density at radius 2 is 2.33 bits per heavy atom. The van der Waals surface area contributed by atoms with Crippen molar-refractivity contribution in [1.29, 1.82) is 0 Å². The quantitative estimate of drug-likeness (QED) is 0.792. The molecule has 0 radical (unpaired) electrons. The highest BCUT2D eigenvalue weighted by atomic mass is 32.1. The molecule has 1 aliphatic heterocycles. The molecule has 1 unspecified atom stereocenters. The summed E-state index contributed by atoms with van der Waals surface area (Å²) >= 11 is 1.49. The topological polar surface area (TPSA) is 42.0 Å². The van der Waals surface area contributed by atoms with Gasteiger partial charge in [-0.25, -0.2) is 0 Å². The predicted molar refractivity (Wildman–Crippen MR) is 57.9 cm³/mol. The largest absolute Gasteiger partial charge is 0.340 e. The van der Waals surface area contributed by atoms with Gasteiger partial charge in [0.1, 0.15) is 0 Å². The van der Waals surface area contributed by atoms with Crippen molar-refractivity contribution in [3.05, 3.63) is 52.0 Å². The van der Waals surface area contributed by atoms with E-state index in [0.29, 0.717) is 0 Å². The lowest BCUT2D eigenvalue weighted by atomic mass is 10.0. The zero-order chi connectivity index (χ0) is 10.3. The maximum atomic E-state index is 11.6. The van der Waals surface area contributed by atoms with Crippen LogP contribution in [0.1, 0.15) is 26.8 Å². The molecule has 4 heteroatoms. The fourth-order valence-corrected chi connectivity index (χ4v) is 2.65. The molecule has 0 aromatic carbocycles. The molecule has 0 spiro atoms. The van der Waals surface area contributed by atoms with Crippen LogP contribution in [0.2, 0.25) is 0 Å². The van der Waals surface area contributed by atoms with Gasteiger partial charge in [-0.2, -0.15) is 0 Å². The minimum absolute atomic E-state index is 0.0209. The number of thiophene rings is 1. The number of amides is 1. The zero-order valence-electron chi connectivity index (χ0n) is 7.81. The van der Waals surface area contributed by atoms with Crippen molar-refractivity contribution >= 4 is 17.2 Å². The molecule has 1 atom stereocenters. The first-order chi connectivity index (χ1) is 7.36. The molecule has 0 bridgehead atoms. The van der Waals surface area contributed by atoms with Crippen LogP contribution in [0.15, 0.2) is 36.0 Å². The van der Waals surface area contributed by atoms with Gasteiger partial charge in [0, 0.05) is 18.0 Å². The molecule has 3 rings (SSSR count). The number of rotatable bonds is 1. The normalized spacial score (nSPS) is 18.7. The van der Waals surface area contributed by atoms with Crippen molar-refractivity contribution in [3.8, 4) is 0 Å². The zero-order valence-corrected chi connectivity index (χ0v) is 8.62. The summed E-state index contributed by atoms with van der Waals surface area (Å²) < 4.78 is 0. The minimum atomic E-state index is -0.0209. The Labute approximate surface area is 90.8 Å². The van der Waals surface area contributed by atoms with Gasteiger partial charge in [0.25, 0.3) is 5.91 Å². The van der Waals surface area contributed by atoms with E-state index in [1.165, 1.54) is 11.3 Å². The van der Waals surface area contributed by atoms with Gasteiger partial charge in [-0.1, -0.05) is 6.07 Å². The van der Waals surface area contributed by atoms with Crippen molar-refractivity contribution in [3.63, 3.8) is 0 Å². The Balaban J connectivity index is 2.09. The summed E-state index contributed by atoms with van der Waals surface area (Å²) in [4.78, 5) is 16.5. The average molecular weight is 216 g/mol. The molecular formula is C11H8N2OS. The Bertz CT molecular complexity index is 506. The lowest BCUT2D eigenvalue weighted by Gasteiger charge is -2.09. The third-order valence-electron chi connectivity index (χ3n) is 2.51. The number of carbonyl (C=O) groups is 1. The monoisotopic (exact) mass is 216 g/mol. The summed E-state index contributed by atoms with van der Waals surface area (Å²) in [5, 5.41) is 4.90. The second-order valence-corrected chi connectivity index (χ2v) is 4.31. The smallest absolute Gasteiger partial charge is 0.262 e. The molecule has 15 heavy (non-hydrogen) atoms. The molecule has 0 fully saturated rings. The average Bonchev–Trinajstić information content (AvgIpc) is 2.84. The molecule has 2 aromatic rings. The van der Waals surface area contributed by atoms with E-state index in [-0.39, 0.29) is 11.9 Å². The maximum absolute atomic E-state index is 11.6. The first kappa shape index (κ1) is 8.61. The number of hydrogen-bond acceptors (Lipinski definition) is 3. The third-order valence-corrected chi connectivity index (χ3v) is 3.44. The number of fused-ring (bicyclic) bond motifs is 1. The van der Waals surface area contributed by atoms with Crippen molar-refractivity contribution in [2.24, 2.45) is 0 Å². The van der Waals surface area contributed by atoms with E-state index in [0.717, 1.165) is 16.0 Å². The molecule has 1 amide bonds. The maximum Gasteiger partial charge on any atom is 0.262 e. The van der Waals surface area contributed by atoms with Crippen LogP contribution in [0.25, 0.3) is 0 Å². The van der Waals surface area contributed by atoms with E-state index < -0.39 is 0 Å². The van der Waals surface area contributed by atoms with E-state index in [1.54, 1.807) is 12.4 Å². The van der Waals surface area contributed by atoms with Crippen LogP contribution in [0.3, 0.4) is 0 Å². The fraction of sp³-hybridized carbons (Fsp3) is 0.0909. The lowest BCUT2D eigenvalue weighted by molar-refractivity contribution is 0.0963. The van der Waals surface area contributed by atoms with Gasteiger partial charge in [0.2, 0.25) is 0 Å². The minimum Gasteiger partial charge on any atom is -0.340 e. The third kappa shape index (κ3) is 1.26. The summed E-state index contributed by atoms with van der Waals surface area (Å²) in [6, 6.07) is 5.83.